The van der Waals surface area contributed by atoms with Gasteiger partial charge in [-0.15, -0.1) is 0 Å². The fourth-order valence-electron chi connectivity index (χ4n) is 5.94. The van der Waals surface area contributed by atoms with E-state index in [1.165, 1.54) is 7.11 Å². The molecule has 0 bridgehead atoms. The number of aryl methyl sites for hydroxylation is 1. The number of benzene rings is 1. The summed E-state index contributed by atoms with van der Waals surface area (Å²) < 4.78 is 12.7. The zero-order valence-electron chi connectivity index (χ0n) is 24.8. The number of methoxy groups -OCH3 is 1. The average Bonchev–Trinajstić information content (AvgIpc) is 3.63. The SMILES string of the molecule is COCC(=O)N[C@H](C1=Cc2cccnc2[C@@H](N2CCN(C(=O)OCC3(C)CC3)CC2)c2ccc(Cl)cc21)c1cncn1C. The molecule has 0 radical (unpaired) electrons. The van der Waals surface area contributed by atoms with Crippen LogP contribution in [0.3, 0.4) is 0 Å². The van der Waals surface area contributed by atoms with E-state index in [1.807, 2.05) is 48.1 Å². The Morgan fingerprint density at radius 1 is 1.19 bits per heavy atom. The quantitative estimate of drug-likeness (QED) is 0.405. The molecule has 6 rings (SSSR count). The Bertz CT molecular complexity index is 1540. The van der Waals surface area contributed by atoms with E-state index in [1.54, 1.807) is 17.4 Å². The lowest BCUT2D eigenvalue weighted by Crippen LogP contribution is -2.50. The van der Waals surface area contributed by atoms with Gasteiger partial charge in [-0.1, -0.05) is 30.7 Å². The second-order valence-electron chi connectivity index (χ2n) is 12.0. The van der Waals surface area contributed by atoms with Gasteiger partial charge < -0.3 is 24.3 Å². The number of halogens is 1. The Labute approximate surface area is 256 Å². The summed E-state index contributed by atoms with van der Waals surface area (Å²) in [6.45, 7) is 4.98. The Kier molecular flexibility index (Phi) is 8.26. The largest absolute Gasteiger partial charge is 0.449 e. The Balaban J connectivity index is 1.36. The smallest absolute Gasteiger partial charge is 0.409 e. The fourth-order valence-corrected chi connectivity index (χ4v) is 6.11. The number of rotatable bonds is 8. The van der Waals surface area contributed by atoms with Crippen molar-refractivity contribution in [2.24, 2.45) is 12.5 Å². The third kappa shape index (κ3) is 6.18. The van der Waals surface area contributed by atoms with Gasteiger partial charge in [0, 0.05) is 57.0 Å². The zero-order chi connectivity index (χ0) is 30.1. The summed E-state index contributed by atoms with van der Waals surface area (Å²) in [5.41, 5.74) is 5.64. The molecule has 226 valence electrons. The first kappa shape index (κ1) is 29.3. The molecule has 1 N–H and O–H groups in total. The topological polar surface area (TPSA) is 102 Å². The van der Waals surface area contributed by atoms with Crippen LogP contribution >= 0.6 is 11.6 Å². The summed E-state index contributed by atoms with van der Waals surface area (Å²) in [4.78, 5) is 39.2. The molecule has 2 amide bonds. The molecule has 2 aromatic heterocycles. The Morgan fingerprint density at radius 2 is 1.98 bits per heavy atom. The third-order valence-electron chi connectivity index (χ3n) is 8.69. The number of amides is 2. The minimum Gasteiger partial charge on any atom is -0.449 e. The molecule has 0 unspecified atom stereocenters. The van der Waals surface area contributed by atoms with Gasteiger partial charge in [0.15, 0.2) is 0 Å². The molecule has 3 aromatic rings. The van der Waals surface area contributed by atoms with E-state index in [0.29, 0.717) is 37.8 Å². The number of hydrogen-bond donors (Lipinski definition) is 1. The Morgan fingerprint density at radius 3 is 2.67 bits per heavy atom. The molecule has 2 atom stereocenters. The predicted molar refractivity (Wildman–Crippen MR) is 163 cm³/mol. The summed E-state index contributed by atoms with van der Waals surface area (Å²) in [7, 11) is 3.40. The van der Waals surface area contributed by atoms with Crippen LogP contribution in [0.1, 0.15) is 59.9 Å². The lowest BCUT2D eigenvalue weighted by molar-refractivity contribution is -0.125. The van der Waals surface area contributed by atoms with Crippen LogP contribution in [0.2, 0.25) is 5.02 Å². The van der Waals surface area contributed by atoms with Crippen molar-refractivity contribution >= 4 is 35.3 Å². The van der Waals surface area contributed by atoms with Gasteiger partial charge >= 0.3 is 6.09 Å². The predicted octanol–water partition coefficient (Wildman–Crippen LogP) is 4.47. The molecule has 11 heteroatoms. The van der Waals surface area contributed by atoms with Gasteiger partial charge in [-0.3, -0.25) is 14.7 Å². The van der Waals surface area contributed by atoms with Gasteiger partial charge in [-0.25, -0.2) is 9.78 Å². The number of ether oxygens (including phenoxy) is 2. The molecule has 0 spiro atoms. The number of pyridine rings is 1. The van der Waals surface area contributed by atoms with Crippen LogP contribution in [0.25, 0.3) is 11.6 Å². The van der Waals surface area contributed by atoms with E-state index < -0.39 is 6.04 Å². The molecule has 3 heterocycles. The standard InChI is InChI=1S/C32H37ClN6O4/c1-32(8-9-32)19-43-31(41)39-13-11-38(12-14-39)30-23-7-6-22(33)16-24(23)25(15-21-5-4-10-35-28(21)30)29(36-27(40)18-42-3)26-17-34-20-37(26)2/h4-7,10,15-17,20,29-30H,8-9,11-14,18-19H2,1-3H3,(H,36,40)/t29-,30+/m1/s1. The van der Waals surface area contributed by atoms with Crippen LogP contribution in [0.4, 0.5) is 4.79 Å². The van der Waals surface area contributed by atoms with E-state index in [9.17, 15) is 9.59 Å². The van der Waals surface area contributed by atoms with Gasteiger partial charge in [0.05, 0.1) is 42.6 Å². The maximum atomic E-state index is 12.9. The summed E-state index contributed by atoms with van der Waals surface area (Å²) >= 11 is 6.64. The highest BCUT2D eigenvalue weighted by molar-refractivity contribution is 6.30. The summed E-state index contributed by atoms with van der Waals surface area (Å²) in [5.74, 6) is -0.246. The van der Waals surface area contributed by atoms with E-state index in [4.69, 9.17) is 26.1 Å². The molecule has 1 saturated carbocycles. The van der Waals surface area contributed by atoms with Gasteiger partial charge in [0.25, 0.3) is 0 Å². The van der Waals surface area contributed by atoms with Crippen LogP contribution in [-0.4, -0.2) is 82.8 Å². The van der Waals surface area contributed by atoms with Crippen molar-refractivity contribution in [1.29, 1.82) is 0 Å². The van der Waals surface area contributed by atoms with Gasteiger partial charge in [-0.2, -0.15) is 0 Å². The van der Waals surface area contributed by atoms with Crippen molar-refractivity contribution in [2.45, 2.75) is 31.8 Å². The van der Waals surface area contributed by atoms with Crippen molar-refractivity contribution in [2.75, 3.05) is 46.5 Å². The van der Waals surface area contributed by atoms with E-state index in [0.717, 1.165) is 46.5 Å². The number of nitrogens with zero attached hydrogens (tertiary/aromatic N) is 5. The molecule has 1 saturated heterocycles. The van der Waals surface area contributed by atoms with Crippen LogP contribution < -0.4 is 5.32 Å². The molecule has 10 nitrogen and oxygen atoms in total. The molecule has 3 aliphatic rings. The second-order valence-corrected chi connectivity index (χ2v) is 12.4. The number of imidazole rings is 1. The lowest BCUT2D eigenvalue weighted by Gasteiger charge is -2.39. The molecular weight excluding hydrogens is 568 g/mol. The molecule has 1 aliphatic heterocycles. The maximum absolute atomic E-state index is 12.9. The summed E-state index contributed by atoms with van der Waals surface area (Å²) in [6.07, 6.45) is 9.36. The zero-order valence-corrected chi connectivity index (χ0v) is 25.5. The number of aromatic nitrogens is 3. The van der Waals surface area contributed by atoms with Crippen molar-refractivity contribution in [1.82, 2.24) is 29.7 Å². The van der Waals surface area contributed by atoms with Crippen molar-refractivity contribution in [3.05, 3.63) is 82.2 Å². The van der Waals surface area contributed by atoms with Crippen molar-refractivity contribution in [3.63, 3.8) is 0 Å². The first-order valence-electron chi connectivity index (χ1n) is 14.6. The van der Waals surface area contributed by atoms with Crippen LogP contribution in [-0.2, 0) is 21.3 Å². The number of carbonyl (C=O) groups excluding carboxylic acids is 2. The number of fused-ring (bicyclic) bond motifs is 2. The Hall–Kier alpha value is -3.73. The molecule has 2 fully saturated rings. The molecular formula is C32H37ClN6O4. The summed E-state index contributed by atoms with van der Waals surface area (Å²) in [5, 5.41) is 3.75. The summed E-state index contributed by atoms with van der Waals surface area (Å²) in [6, 6.07) is 9.15. The number of piperazine rings is 1. The lowest BCUT2D eigenvalue weighted by atomic mass is 9.89. The minimum absolute atomic E-state index is 0.0727. The normalized spacial score (nSPS) is 19.9. The second kappa shape index (κ2) is 12.1. The highest BCUT2D eigenvalue weighted by atomic mass is 35.5. The van der Waals surface area contributed by atoms with Gasteiger partial charge in [-0.05, 0) is 59.4 Å². The van der Waals surface area contributed by atoms with Crippen LogP contribution in [0, 0.1) is 5.41 Å². The molecule has 43 heavy (non-hydrogen) atoms. The first-order valence-corrected chi connectivity index (χ1v) is 15.0. The third-order valence-corrected chi connectivity index (χ3v) is 8.92. The molecule has 1 aromatic carbocycles. The number of carbonyl (C=O) groups is 2. The minimum atomic E-state index is -0.529. The van der Waals surface area contributed by atoms with Crippen LogP contribution in [0.15, 0.2) is 49.1 Å². The van der Waals surface area contributed by atoms with Crippen molar-refractivity contribution < 1.29 is 19.1 Å². The van der Waals surface area contributed by atoms with Crippen molar-refractivity contribution in [3.8, 4) is 0 Å². The molecule has 2 aliphatic carbocycles. The van der Waals surface area contributed by atoms with Gasteiger partial charge in [0.1, 0.15) is 6.61 Å². The number of hydrogen-bond acceptors (Lipinski definition) is 7. The fraction of sp³-hybridized carbons (Fsp3) is 0.438. The van der Waals surface area contributed by atoms with E-state index in [2.05, 4.69) is 28.2 Å². The number of nitrogens with one attached hydrogen (secondary N) is 1. The average molecular weight is 605 g/mol. The highest BCUT2D eigenvalue weighted by Crippen LogP contribution is 2.46. The van der Waals surface area contributed by atoms with E-state index >= 15 is 0 Å². The highest BCUT2D eigenvalue weighted by Gasteiger charge is 2.40. The van der Waals surface area contributed by atoms with Crippen LogP contribution in [0.5, 0.6) is 0 Å². The van der Waals surface area contributed by atoms with Gasteiger partial charge in [0.2, 0.25) is 5.91 Å². The van der Waals surface area contributed by atoms with E-state index in [-0.39, 0.29) is 30.1 Å². The monoisotopic (exact) mass is 604 g/mol. The maximum Gasteiger partial charge on any atom is 0.409 e. The first-order chi connectivity index (χ1) is 20.8.